The molecule has 0 saturated heterocycles. The van der Waals surface area contributed by atoms with E-state index in [4.69, 9.17) is 14.3 Å². The Morgan fingerprint density at radius 1 is 1.28 bits per heavy atom. The first-order chi connectivity index (χ1) is 8.67. The molecule has 1 rings (SSSR count). The number of hydrogen-bond acceptors (Lipinski definition) is 4. The van der Waals surface area contributed by atoms with E-state index in [1.165, 1.54) is 0 Å². The van der Waals surface area contributed by atoms with Gasteiger partial charge in [-0.3, -0.25) is 9.63 Å². The van der Waals surface area contributed by atoms with Gasteiger partial charge in [-0.15, -0.1) is 0 Å². The fourth-order valence-corrected chi connectivity index (χ4v) is 1.51. The molecule has 0 atom stereocenters. The molecule has 0 aliphatic heterocycles. The molecule has 0 heterocycles. The lowest BCUT2D eigenvalue weighted by molar-refractivity contribution is -0.133. The SMILES string of the molecule is COCCONC(=O)Cc1cc(C)ccc1OC. The Kier molecular flexibility index (Phi) is 6.18. The number of carbonyl (C=O) groups excluding carboxylic acids is 1. The van der Waals surface area contributed by atoms with E-state index >= 15 is 0 Å². The van der Waals surface area contributed by atoms with Crippen LogP contribution in [-0.2, 0) is 20.8 Å². The minimum Gasteiger partial charge on any atom is -0.496 e. The minimum atomic E-state index is -0.213. The summed E-state index contributed by atoms with van der Waals surface area (Å²) in [7, 11) is 3.16. The Labute approximate surface area is 107 Å². The van der Waals surface area contributed by atoms with Crippen molar-refractivity contribution in [3.8, 4) is 5.75 Å². The van der Waals surface area contributed by atoms with Gasteiger partial charge in [-0.2, -0.15) is 0 Å². The summed E-state index contributed by atoms with van der Waals surface area (Å²) in [5, 5.41) is 0. The number of hydroxylamine groups is 1. The third-order valence-electron chi connectivity index (χ3n) is 2.36. The Morgan fingerprint density at radius 3 is 2.72 bits per heavy atom. The summed E-state index contributed by atoms with van der Waals surface area (Å²) in [5.41, 5.74) is 4.28. The van der Waals surface area contributed by atoms with Gasteiger partial charge in [0.2, 0.25) is 5.91 Å². The first kappa shape index (κ1) is 14.5. The van der Waals surface area contributed by atoms with Crippen molar-refractivity contribution in [2.45, 2.75) is 13.3 Å². The maximum absolute atomic E-state index is 11.6. The van der Waals surface area contributed by atoms with Crippen molar-refractivity contribution in [1.29, 1.82) is 0 Å². The molecule has 0 radical (unpaired) electrons. The van der Waals surface area contributed by atoms with Gasteiger partial charge in [-0.1, -0.05) is 17.7 Å². The van der Waals surface area contributed by atoms with Crippen LogP contribution in [0, 0.1) is 6.92 Å². The lowest BCUT2D eigenvalue weighted by atomic mass is 10.1. The fourth-order valence-electron chi connectivity index (χ4n) is 1.51. The van der Waals surface area contributed by atoms with Crippen molar-refractivity contribution >= 4 is 5.91 Å². The van der Waals surface area contributed by atoms with Crippen LogP contribution < -0.4 is 10.2 Å². The second kappa shape index (κ2) is 7.68. The molecule has 5 nitrogen and oxygen atoms in total. The lowest BCUT2D eigenvalue weighted by Gasteiger charge is -2.10. The van der Waals surface area contributed by atoms with Crippen molar-refractivity contribution < 1.29 is 19.1 Å². The number of carbonyl (C=O) groups is 1. The smallest absolute Gasteiger partial charge is 0.248 e. The zero-order valence-electron chi connectivity index (χ0n) is 11.0. The van der Waals surface area contributed by atoms with E-state index in [0.717, 1.165) is 11.1 Å². The van der Waals surface area contributed by atoms with Gasteiger partial charge < -0.3 is 9.47 Å². The van der Waals surface area contributed by atoms with E-state index in [9.17, 15) is 4.79 Å². The monoisotopic (exact) mass is 253 g/mol. The van der Waals surface area contributed by atoms with Gasteiger partial charge in [-0.05, 0) is 13.0 Å². The average Bonchev–Trinajstić information content (AvgIpc) is 2.35. The van der Waals surface area contributed by atoms with E-state index in [-0.39, 0.29) is 12.3 Å². The van der Waals surface area contributed by atoms with Crippen LogP contribution in [0.2, 0.25) is 0 Å². The summed E-state index contributed by atoms with van der Waals surface area (Å²) in [5.74, 6) is 0.489. The molecule has 1 amide bonds. The molecule has 18 heavy (non-hydrogen) atoms. The Morgan fingerprint density at radius 2 is 2.06 bits per heavy atom. The van der Waals surface area contributed by atoms with Gasteiger partial charge >= 0.3 is 0 Å². The number of rotatable bonds is 7. The van der Waals surface area contributed by atoms with E-state index in [0.29, 0.717) is 19.0 Å². The standard InChI is InChI=1S/C13H19NO4/c1-10-4-5-12(17-3)11(8-10)9-13(15)14-18-7-6-16-2/h4-5,8H,6-7,9H2,1-3H3,(H,14,15). The summed E-state index contributed by atoms with van der Waals surface area (Å²) < 4.78 is 10.0. The van der Waals surface area contributed by atoms with Crippen LogP contribution in [0.3, 0.4) is 0 Å². The first-order valence-electron chi connectivity index (χ1n) is 5.70. The van der Waals surface area contributed by atoms with Crippen LogP contribution >= 0.6 is 0 Å². The molecule has 0 saturated carbocycles. The second-order valence-electron chi connectivity index (χ2n) is 3.86. The van der Waals surface area contributed by atoms with E-state index in [2.05, 4.69) is 5.48 Å². The Bertz CT molecular complexity index is 393. The molecular weight excluding hydrogens is 234 g/mol. The summed E-state index contributed by atoms with van der Waals surface area (Å²) in [6.07, 6.45) is 0.220. The van der Waals surface area contributed by atoms with Crippen LogP contribution in [-0.4, -0.2) is 33.3 Å². The molecular formula is C13H19NO4. The van der Waals surface area contributed by atoms with Gasteiger partial charge in [0.05, 0.1) is 26.7 Å². The van der Waals surface area contributed by atoms with Crippen molar-refractivity contribution in [2.24, 2.45) is 0 Å². The lowest BCUT2D eigenvalue weighted by Crippen LogP contribution is -2.27. The maximum atomic E-state index is 11.6. The van der Waals surface area contributed by atoms with Gasteiger partial charge in [-0.25, -0.2) is 5.48 Å². The highest BCUT2D eigenvalue weighted by Gasteiger charge is 2.08. The number of ether oxygens (including phenoxy) is 2. The first-order valence-corrected chi connectivity index (χ1v) is 5.70. The molecule has 1 aromatic carbocycles. The van der Waals surface area contributed by atoms with Crippen LogP contribution in [0.4, 0.5) is 0 Å². The number of amides is 1. The van der Waals surface area contributed by atoms with Gasteiger partial charge in [0, 0.05) is 12.7 Å². The molecule has 0 bridgehead atoms. The zero-order valence-corrected chi connectivity index (χ0v) is 11.0. The van der Waals surface area contributed by atoms with Gasteiger partial charge in [0.25, 0.3) is 0 Å². The average molecular weight is 253 g/mol. The largest absolute Gasteiger partial charge is 0.496 e. The maximum Gasteiger partial charge on any atom is 0.248 e. The minimum absolute atomic E-state index is 0.213. The molecule has 5 heteroatoms. The number of benzene rings is 1. The molecule has 0 aliphatic rings. The van der Waals surface area contributed by atoms with Crippen LogP contribution in [0.25, 0.3) is 0 Å². The quantitative estimate of drug-likeness (QED) is 0.587. The van der Waals surface area contributed by atoms with Crippen LogP contribution in [0.15, 0.2) is 18.2 Å². The number of aryl methyl sites for hydroxylation is 1. The predicted octanol–water partition coefficient (Wildman–Crippen LogP) is 1.24. The number of hydrogen-bond donors (Lipinski definition) is 1. The molecule has 0 aliphatic carbocycles. The highest BCUT2D eigenvalue weighted by molar-refractivity contribution is 5.78. The molecule has 0 spiro atoms. The van der Waals surface area contributed by atoms with Crippen molar-refractivity contribution in [3.63, 3.8) is 0 Å². The third kappa shape index (κ3) is 4.73. The third-order valence-corrected chi connectivity index (χ3v) is 2.36. The normalized spacial score (nSPS) is 10.2. The molecule has 0 unspecified atom stereocenters. The number of methoxy groups -OCH3 is 2. The van der Waals surface area contributed by atoms with Crippen molar-refractivity contribution in [2.75, 3.05) is 27.4 Å². The highest BCUT2D eigenvalue weighted by Crippen LogP contribution is 2.19. The van der Waals surface area contributed by atoms with Gasteiger partial charge in [0.15, 0.2) is 0 Å². The molecule has 100 valence electrons. The summed E-state index contributed by atoms with van der Waals surface area (Å²) in [6.45, 7) is 2.73. The van der Waals surface area contributed by atoms with Gasteiger partial charge in [0.1, 0.15) is 5.75 Å². The van der Waals surface area contributed by atoms with Crippen LogP contribution in [0.5, 0.6) is 5.75 Å². The zero-order chi connectivity index (χ0) is 13.4. The molecule has 1 aromatic rings. The highest BCUT2D eigenvalue weighted by atomic mass is 16.7. The Hall–Kier alpha value is -1.59. The molecule has 0 fully saturated rings. The van der Waals surface area contributed by atoms with E-state index in [1.54, 1.807) is 14.2 Å². The Balaban J connectivity index is 2.50. The van der Waals surface area contributed by atoms with E-state index < -0.39 is 0 Å². The van der Waals surface area contributed by atoms with Crippen LogP contribution in [0.1, 0.15) is 11.1 Å². The fraction of sp³-hybridized carbons (Fsp3) is 0.462. The summed E-state index contributed by atoms with van der Waals surface area (Å²) in [6, 6.07) is 5.71. The van der Waals surface area contributed by atoms with E-state index in [1.807, 2.05) is 25.1 Å². The topological polar surface area (TPSA) is 56.8 Å². The predicted molar refractivity (Wildman–Crippen MR) is 67.4 cm³/mol. The van der Waals surface area contributed by atoms with Crippen molar-refractivity contribution in [3.05, 3.63) is 29.3 Å². The molecule has 1 N–H and O–H groups in total. The summed E-state index contributed by atoms with van der Waals surface area (Å²) >= 11 is 0. The second-order valence-corrected chi connectivity index (χ2v) is 3.86. The number of nitrogens with one attached hydrogen (secondary N) is 1. The molecule has 0 aromatic heterocycles. The van der Waals surface area contributed by atoms with Crippen molar-refractivity contribution in [1.82, 2.24) is 5.48 Å². The summed E-state index contributed by atoms with van der Waals surface area (Å²) in [4.78, 5) is 16.6.